The van der Waals surface area contributed by atoms with Gasteiger partial charge < -0.3 is 11.5 Å². The summed E-state index contributed by atoms with van der Waals surface area (Å²) in [6, 6.07) is 0. The van der Waals surface area contributed by atoms with Crippen LogP contribution in [0.3, 0.4) is 0 Å². The van der Waals surface area contributed by atoms with Gasteiger partial charge in [-0.05, 0) is 0 Å². The third kappa shape index (κ3) is 18.9. The van der Waals surface area contributed by atoms with E-state index in [-0.39, 0.29) is 42.0 Å². The first-order valence-electron chi connectivity index (χ1n) is 1.32. The molecular weight excluding hydrogens is 110 g/mol. The van der Waals surface area contributed by atoms with Crippen LogP contribution in [-0.4, -0.2) is 42.6 Å². The number of hydrogen-bond donors (Lipinski definition) is 2. The Bertz CT molecular complexity index is 13.5. The summed E-state index contributed by atoms with van der Waals surface area (Å²) in [5.41, 5.74) is 9.81. The van der Waals surface area contributed by atoms with Crippen LogP contribution in [0.5, 0.6) is 0 Å². The Morgan fingerprint density at radius 1 is 1.00 bits per heavy atom. The average molecular weight is 121 g/mol. The number of nitrogens with two attached hydrogens (primary N) is 2. The monoisotopic (exact) mass is 120 g/mol. The minimum atomic E-state index is 0. The maximum atomic E-state index is 4.90. The Morgan fingerprint density at radius 3 is 1.17 bits per heavy atom. The molecule has 0 aromatic rings. The third-order valence-electron chi connectivity index (χ3n) is 0.167. The van der Waals surface area contributed by atoms with Crippen molar-refractivity contribution in [2.75, 3.05) is 13.1 Å². The average Bonchev–Trinajstić information content (AvgIpc) is 1.37. The van der Waals surface area contributed by atoms with Crippen LogP contribution in [-0.2, 0) is 0 Å². The van der Waals surface area contributed by atoms with E-state index < -0.39 is 0 Å². The molecule has 0 aromatic heterocycles. The van der Waals surface area contributed by atoms with Gasteiger partial charge in [0.1, 0.15) is 0 Å². The molecule has 0 heterocycles. The van der Waals surface area contributed by atoms with Crippen LogP contribution in [0, 0.1) is 0 Å². The molecule has 6 heavy (non-hydrogen) atoms. The van der Waals surface area contributed by atoms with Gasteiger partial charge in [-0.3, -0.25) is 0 Å². The van der Waals surface area contributed by atoms with E-state index in [1.165, 1.54) is 0 Å². The molecule has 0 aliphatic heterocycles. The van der Waals surface area contributed by atoms with Crippen molar-refractivity contribution in [2.24, 2.45) is 11.5 Å². The summed E-state index contributed by atoms with van der Waals surface area (Å²) in [4.78, 5) is 0. The summed E-state index contributed by atoms with van der Waals surface area (Å²) in [6.07, 6.45) is 0. The van der Waals surface area contributed by atoms with Crippen molar-refractivity contribution >= 4 is 42.0 Å². The van der Waals surface area contributed by atoms with Crippen molar-refractivity contribution in [3.8, 4) is 0 Å². The van der Waals surface area contributed by atoms with Crippen molar-refractivity contribution < 1.29 is 0 Å². The normalized spacial score (nSPS) is 5.00. The van der Waals surface area contributed by atoms with Gasteiger partial charge in [-0.1, -0.05) is 0 Å². The summed E-state index contributed by atoms with van der Waals surface area (Å²) < 4.78 is 0. The molecule has 0 atom stereocenters. The predicted molar refractivity (Wildman–Crippen MR) is 32.5 cm³/mol. The summed E-state index contributed by atoms with van der Waals surface area (Å²) in [7, 11) is 0. The van der Waals surface area contributed by atoms with Crippen molar-refractivity contribution in [3.63, 3.8) is 0 Å². The molecule has 0 unspecified atom stereocenters. The molecule has 0 spiro atoms. The summed E-state index contributed by atoms with van der Waals surface area (Å²) in [5.74, 6) is 0. The number of rotatable bonds is 1. The molecule has 4 N–H and O–H groups in total. The van der Waals surface area contributed by atoms with Crippen LogP contribution >= 0.6 is 12.4 Å². The van der Waals surface area contributed by atoms with E-state index in [9.17, 15) is 0 Å². The topological polar surface area (TPSA) is 52.0 Å². The van der Waals surface area contributed by atoms with E-state index in [0.717, 1.165) is 0 Å². The Labute approximate surface area is 66.4 Å². The fourth-order valence-corrected chi connectivity index (χ4v) is 0. The van der Waals surface area contributed by atoms with Gasteiger partial charge in [0.25, 0.3) is 0 Å². The molecule has 0 aromatic carbocycles. The molecular formula is C2H10ClN2Na. The summed E-state index contributed by atoms with van der Waals surface area (Å²) in [5, 5.41) is 0. The van der Waals surface area contributed by atoms with Crippen LogP contribution in [0.4, 0.5) is 0 Å². The van der Waals surface area contributed by atoms with Gasteiger partial charge in [0.05, 0.1) is 0 Å². The van der Waals surface area contributed by atoms with E-state index in [0.29, 0.717) is 13.1 Å². The second-order valence-electron chi connectivity index (χ2n) is 0.577. The Morgan fingerprint density at radius 2 is 1.17 bits per heavy atom. The fourth-order valence-electron chi connectivity index (χ4n) is 0. The van der Waals surface area contributed by atoms with Gasteiger partial charge in [-0.15, -0.1) is 12.4 Å². The zero-order valence-corrected chi connectivity index (χ0v) is 3.79. The molecule has 0 amide bonds. The minimum absolute atomic E-state index is 0. The molecule has 2 nitrogen and oxygen atoms in total. The second kappa shape index (κ2) is 16.4. The molecule has 4 heteroatoms. The molecule has 0 aliphatic carbocycles. The van der Waals surface area contributed by atoms with Crippen LogP contribution in [0.1, 0.15) is 0 Å². The first-order chi connectivity index (χ1) is 1.91. The molecule has 0 rings (SSSR count). The predicted octanol–water partition coefficient (Wildman–Crippen LogP) is -1.32. The standard InChI is InChI=1S/C2H8N2.ClH.Na.H/c3-1-2-4;;;/h1-4H2;1H;;. The zero-order valence-electron chi connectivity index (χ0n) is 2.98. The van der Waals surface area contributed by atoms with Crippen molar-refractivity contribution in [1.82, 2.24) is 0 Å². The molecule has 0 radical (unpaired) electrons. The first kappa shape index (κ1) is 15.7. The maximum absolute atomic E-state index is 4.90. The fraction of sp³-hybridized carbons (Fsp3) is 1.00. The first-order valence-corrected chi connectivity index (χ1v) is 1.32. The van der Waals surface area contributed by atoms with Gasteiger partial charge in [0.2, 0.25) is 0 Å². The van der Waals surface area contributed by atoms with Crippen LogP contribution in [0.15, 0.2) is 0 Å². The summed E-state index contributed by atoms with van der Waals surface area (Å²) in [6.45, 7) is 1.19. The van der Waals surface area contributed by atoms with E-state index in [2.05, 4.69) is 0 Å². The van der Waals surface area contributed by atoms with E-state index in [1.54, 1.807) is 0 Å². The van der Waals surface area contributed by atoms with Gasteiger partial charge in [-0.2, -0.15) is 0 Å². The third-order valence-corrected chi connectivity index (χ3v) is 0.167. The van der Waals surface area contributed by atoms with Crippen molar-refractivity contribution in [2.45, 2.75) is 0 Å². The van der Waals surface area contributed by atoms with Crippen molar-refractivity contribution in [3.05, 3.63) is 0 Å². The Balaban J connectivity index is -0.0000000450. The Hall–Kier alpha value is 1.21. The van der Waals surface area contributed by atoms with Crippen LogP contribution in [0.25, 0.3) is 0 Å². The molecule has 0 aliphatic rings. The number of hydrogen-bond acceptors (Lipinski definition) is 2. The van der Waals surface area contributed by atoms with Gasteiger partial charge in [0, 0.05) is 13.1 Å². The summed E-state index contributed by atoms with van der Waals surface area (Å²) >= 11 is 0. The van der Waals surface area contributed by atoms with Crippen LogP contribution in [0.2, 0.25) is 0 Å². The molecule has 0 bridgehead atoms. The van der Waals surface area contributed by atoms with E-state index in [4.69, 9.17) is 11.5 Å². The van der Waals surface area contributed by atoms with Gasteiger partial charge in [-0.25, -0.2) is 0 Å². The van der Waals surface area contributed by atoms with Gasteiger partial charge >= 0.3 is 29.6 Å². The quantitative estimate of drug-likeness (QED) is 0.422. The number of halogens is 1. The van der Waals surface area contributed by atoms with E-state index >= 15 is 0 Å². The molecule has 0 saturated heterocycles. The van der Waals surface area contributed by atoms with E-state index in [1.807, 2.05) is 0 Å². The molecule has 0 fully saturated rings. The Kier molecular flexibility index (Phi) is 42.8. The SMILES string of the molecule is Cl.NCCN.[NaH]. The molecule has 0 saturated carbocycles. The van der Waals surface area contributed by atoms with Crippen LogP contribution < -0.4 is 11.5 Å². The second-order valence-corrected chi connectivity index (χ2v) is 0.577. The van der Waals surface area contributed by atoms with Crippen molar-refractivity contribution in [1.29, 1.82) is 0 Å². The zero-order chi connectivity index (χ0) is 3.41. The molecule has 36 valence electrons. The van der Waals surface area contributed by atoms with Gasteiger partial charge in [0.15, 0.2) is 0 Å².